The number of ether oxygens (including phenoxy) is 1. The van der Waals surface area contributed by atoms with E-state index in [1.165, 1.54) is 0 Å². The van der Waals surface area contributed by atoms with Crippen LogP contribution in [-0.2, 0) is 28.1 Å². The topological polar surface area (TPSA) is 86.7 Å². The first-order valence-corrected chi connectivity index (χ1v) is 13.5. The normalized spacial score (nSPS) is 33.1. The van der Waals surface area contributed by atoms with E-state index in [0.29, 0.717) is 44.0 Å². The number of carbonyl (C=O) groups excluding carboxylic acids is 2. The molecule has 1 saturated heterocycles. The van der Waals surface area contributed by atoms with E-state index >= 15 is 0 Å². The van der Waals surface area contributed by atoms with Crippen molar-refractivity contribution in [1.29, 1.82) is 0 Å². The molecule has 0 aromatic rings. The van der Waals surface area contributed by atoms with Crippen molar-refractivity contribution in [2.75, 3.05) is 36.2 Å². The quantitative estimate of drug-likeness (QED) is 0.600. The van der Waals surface area contributed by atoms with Gasteiger partial charge in [0.25, 0.3) is 10.1 Å². The molecule has 0 N–H and O–H groups in total. The largest absolute Gasteiger partial charge is 0.380 e. The van der Waals surface area contributed by atoms with Gasteiger partial charge in [-0.15, -0.1) is 10.3 Å². The Labute approximate surface area is 164 Å². The van der Waals surface area contributed by atoms with Crippen molar-refractivity contribution in [3.63, 3.8) is 0 Å². The summed E-state index contributed by atoms with van der Waals surface area (Å²) in [6.45, 7) is 6.81. The summed E-state index contributed by atoms with van der Waals surface area (Å²) in [7, 11) is -5.99. The first kappa shape index (κ1) is 21.3. The van der Waals surface area contributed by atoms with E-state index in [9.17, 15) is 18.0 Å². The van der Waals surface area contributed by atoms with Crippen molar-refractivity contribution in [3.8, 4) is 0 Å². The highest BCUT2D eigenvalue weighted by atomic mass is 32.3. The van der Waals surface area contributed by atoms with Crippen LogP contribution in [0.3, 0.4) is 0 Å². The molecule has 0 amide bonds. The first-order valence-electron chi connectivity index (χ1n) is 9.89. The van der Waals surface area contributed by atoms with Gasteiger partial charge in [0.2, 0.25) is 0 Å². The Hall–Kier alpha value is -0.440. The number of fused-ring (bicyclic) bond motifs is 2. The SMILES string of the molecule is CCCC(=O)CS1(OS(=O)(=O)CC23CCC(CC2=O)C3(C)C)CCOCC1. The van der Waals surface area contributed by atoms with Crippen molar-refractivity contribution >= 4 is 32.0 Å². The molecule has 2 atom stereocenters. The fourth-order valence-corrected chi connectivity index (χ4v) is 11.2. The Kier molecular flexibility index (Phi) is 5.85. The van der Waals surface area contributed by atoms with Gasteiger partial charge in [-0.3, -0.25) is 9.59 Å². The molecule has 0 aromatic heterocycles. The van der Waals surface area contributed by atoms with E-state index in [1.807, 2.05) is 20.8 Å². The van der Waals surface area contributed by atoms with E-state index in [0.717, 1.165) is 12.8 Å². The van der Waals surface area contributed by atoms with Gasteiger partial charge in [-0.05, 0) is 30.6 Å². The summed E-state index contributed by atoms with van der Waals surface area (Å²) >= 11 is 0. The molecule has 8 heteroatoms. The molecule has 2 saturated carbocycles. The molecule has 6 nitrogen and oxygen atoms in total. The van der Waals surface area contributed by atoms with E-state index in [-0.39, 0.29) is 34.4 Å². The molecule has 2 bridgehead atoms. The van der Waals surface area contributed by atoms with Crippen LogP contribution in [0.15, 0.2) is 0 Å². The highest BCUT2D eigenvalue weighted by Crippen LogP contribution is 2.65. The molecule has 0 radical (unpaired) electrons. The van der Waals surface area contributed by atoms with Crippen LogP contribution in [0.2, 0.25) is 0 Å². The van der Waals surface area contributed by atoms with E-state index in [2.05, 4.69) is 0 Å². The molecule has 3 rings (SSSR count). The van der Waals surface area contributed by atoms with Crippen molar-refractivity contribution in [2.45, 2.75) is 52.9 Å². The Bertz CT molecular complexity index is 708. The number of ketones is 2. The summed E-state index contributed by atoms with van der Waals surface area (Å²) in [5.41, 5.74) is -1.16. The van der Waals surface area contributed by atoms with Gasteiger partial charge in [0.05, 0.1) is 30.1 Å². The summed E-state index contributed by atoms with van der Waals surface area (Å²) in [6.07, 6.45) is 3.17. The number of rotatable bonds is 8. The van der Waals surface area contributed by atoms with Gasteiger partial charge < -0.3 is 4.74 Å². The second kappa shape index (κ2) is 7.43. The molecular formula is C19H32O6S2. The smallest absolute Gasteiger partial charge is 0.277 e. The zero-order chi connectivity index (χ0) is 19.9. The zero-order valence-corrected chi connectivity index (χ0v) is 18.3. The lowest BCUT2D eigenvalue weighted by Crippen LogP contribution is -2.43. The summed E-state index contributed by atoms with van der Waals surface area (Å²) in [4.78, 5) is 25.0. The fourth-order valence-electron chi connectivity index (χ4n) is 5.16. The molecule has 2 unspecified atom stereocenters. The lowest BCUT2D eigenvalue weighted by molar-refractivity contribution is -0.128. The van der Waals surface area contributed by atoms with E-state index < -0.39 is 25.8 Å². The molecular weight excluding hydrogens is 388 g/mol. The van der Waals surface area contributed by atoms with Crippen molar-refractivity contribution in [2.24, 2.45) is 16.7 Å². The molecule has 3 aliphatic rings. The predicted molar refractivity (Wildman–Crippen MR) is 106 cm³/mol. The van der Waals surface area contributed by atoms with Crippen LogP contribution in [0.25, 0.3) is 0 Å². The minimum atomic E-state index is -3.92. The lowest BCUT2D eigenvalue weighted by Gasteiger charge is -2.42. The minimum Gasteiger partial charge on any atom is -0.380 e. The number of hydrogen-bond donors (Lipinski definition) is 0. The van der Waals surface area contributed by atoms with Crippen LogP contribution in [0.4, 0.5) is 0 Å². The highest BCUT2D eigenvalue weighted by Gasteiger charge is 2.65. The zero-order valence-electron chi connectivity index (χ0n) is 16.6. The van der Waals surface area contributed by atoms with Gasteiger partial charge in [-0.1, -0.05) is 20.8 Å². The third-order valence-electron chi connectivity index (χ3n) is 6.96. The summed E-state index contributed by atoms with van der Waals surface area (Å²) in [5, 5.41) is 0. The standard InChI is InChI=1S/C19H32O6S2/c1-4-5-16(20)13-26(10-8-24-9-11-26)25-27(22,23)14-19-7-6-15(12-17(19)21)18(19,2)3/h15H,4-14H2,1-3H3. The van der Waals surface area contributed by atoms with Crippen molar-refractivity contribution in [3.05, 3.63) is 0 Å². The van der Waals surface area contributed by atoms with Crippen LogP contribution in [-0.4, -0.2) is 56.2 Å². The molecule has 0 aromatic carbocycles. The molecule has 27 heavy (non-hydrogen) atoms. The highest BCUT2D eigenvalue weighted by molar-refractivity contribution is 8.33. The molecule has 156 valence electrons. The Balaban J connectivity index is 1.81. The van der Waals surface area contributed by atoms with Crippen LogP contribution in [0, 0.1) is 16.7 Å². The molecule has 3 fully saturated rings. The summed E-state index contributed by atoms with van der Waals surface area (Å²) in [6, 6.07) is 0. The van der Waals surface area contributed by atoms with Gasteiger partial charge in [-0.2, -0.15) is 8.42 Å². The summed E-state index contributed by atoms with van der Waals surface area (Å²) < 4.78 is 37.4. The second-order valence-corrected chi connectivity index (χ2v) is 13.8. The fraction of sp³-hybridized carbons (Fsp3) is 0.895. The number of hydrogen-bond acceptors (Lipinski definition) is 6. The van der Waals surface area contributed by atoms with Gasteiger partial charge in [0.15, 0.2) is 0 Å². The Morgan fingerprint density at radius 1 is 1.30 bits per heavy atom. The average molecular weight is 421 g/mol. The Morgan fingerprint density at radius 3 is 2.48 bits per heavy atom. The summed E-state index contributed by atoms with van der Waals surface area (Å²) in [5.74, 6) is 1.24. The van der Waals surface area contributed by atoms with Crippen LogP contribution >= 0.6 is 10.3 Å². The van der Waals surface area contributed by atoms with Crippen molar-refractivity contribution < 1.29 is 26.4 Å². The molecule has 1 aliphatic heterocycles. The molecule has 2 aliphatic carbocycles. The van der Waals surface area contributed by atoms with Crippen LogP contribution in [0.1, 0.15) is 52.9 Å². The maximum absolute atomic E-state index is 13.1. The van der Waals surface area contributed by atoms with E-state index in [1.54, 1.807) is 0 Å². The third-order valence-corrected chi connectivity index (χ3v) is 12.5. The number of Topliss-reactive ketones (excluding diaryl/α,β-unsaturated/α-hetero) is 2. The van der Waals surface area contributed by atoms with Gasteiger partial charge >= 0.3 is 0 Å². The number of carbonyl (C=O) groups is 2. The van der Waals surface area contributed by atoms with Gasteiger partial charge in [-0.25, -0.2) is 3.63 Å². The van der Waals surface area contributed by atoms with Gasteiger partial charge in [0, 0.05) is 24.3 Å². The lowest BCUT2D eigenvalue weighted by atomic mass is 9.70. The van der Waals surface area contributed by atoms with E-state index in [4.69, 9.17) is 8.37 Å². The molecule has 1 heterocycles. The average Bonchev–Trinajstić information content (AvgIpc) is 2.88. The maximum atomic E-state index is 13.1. The predicted octanol–water partition coefficient (Wildman–Crippen LogP) is 2.85. The van der Waals surface area contributed by atoms with Crippen molar-refractivity contribution in [1.82, 2.24) is 0 Å². The second-order valence-electron chi connectivity index (χ2n) is 8.86. The monoisotopic (exact) mass is 420 g/mol. The van der Waals surface area contributed by atoms with Crippen LogP contribution < -0.4 is 0 Å². The van der Waals surface area contributed by atoms with Gasteiger partial charge in [0.1, 0.15) is 11.6 Å². The Morgan fingerprint density at radius 2 is 1.96 bits per heavy atom. The molecule has 0 spiro atoms. The first-order chi connectivity index (χ1) is 12.6. The third kappa shape index (κ3) is 3.87. The minimum absolute atomic E-state index is 0.0565. The maximum Gasteiger partial charge on any atom is 0.277 e. The van der Waals surface area contributed by atoms with Crippen LogP contribution in [0.5, 0.6) is 0 Å².